The first kappa shape index (κ1) is 21.1. The number of ether oxygens (including phenoxy) is 2. The number of fused-ring (bicyclic) bond motifs is 1. The van der Waals surface area contributed by atoms with Gasteiger partial charge in [0.05, 0.1) is 23.4 Å². The molecule has 2 aromatic carbocycles. The molecule has 2 heterocycles. The third kappa shape index (κ3) is 3.96. The predicted molar refractivity (Wildman–Crippen MR) is 114 cm³/mol. The molecule has 164 valence electrons. The number of carbonyl (C=O) groups is 2. The average Bonchev–Trinajstić information content (AvgIpc) is 3.24. The summed E-state index contributed by atoms with van der Waals surface area (Å²) in [7, 11) is -2.47. The quantitative estimate of drug-likeness (QED) is 0.729. The monoisotopic (exact) mass is 445 g/mol. The smallest absolute Gasteiger partial charge is 0.262 e. The van der Waals surface area contributed by atoms with Crippen LogP contribution in [0.3, 0.4) is 0 Å². The first-order valence-corrected chi connectivity index (χ1v) is 11.3. The maximum atomic E-state index is 13.5. The van der Waals surface area contributed by atoms with Crippen LogP contribution in [-0.4, -0.2) is 50.8 Å². The first-order valence-electron chi connectivity index (χ1n) is 9.84. The second kappa shape index (κ2) is 8.20. The van der Waals surface area contributed by atoms with Crippen molar-refractivity contribution >= 4 is 33.2 Å². The van der Waals surface area contributed by atoms with Gasteiger partial charge in [0.25, 0.3) is 5.91 Å². The largest absolute Gasteiger partial charge is 0.495 e. The minimum atomic E-state index is -3.97. The van der Waals surface area contributed by atoms with Crippen LogP contribution in [0.25, 0.3) is 0 Å². The third-order valence-electron chi connectivity index (χ3n) is 5.37. The Labute approximate surface area is 180 Å². The lowest BCUT2D eigenvalue weighted by atomic mass is 10.2. The number of sulfonamides is 1. The summed E-state index contributed by atoms with van der Waals surface area (Å²) < 4.78 is 38.8. The summed E-state index contributed by atoms with van der Waals surface area (Å²) in [4.78, 5) is 24.6. The number of aryl methyl sites for hydroxylation is 1. The Hall–Kier alpha value is -3.11. The normalized spacial score (nSPS) is 18.6. The summed E-state index contributed by atoms with van der Waals surface area (Å²) in [5, 5.41) is 5.45. The molecule has 2 amide bonds. The Bertz CT molecular complexity index is 1150. The molecule has 1 fully saturated rings. The highest BCUT2D eigenvalue weighted by Gasteiger charge is 2.40. The van der Waals surface area contributed by atoms with E-state index in [0.717, 1.165) is 0 Å². The number of nitrogens with zero attached hydrogens (tertiary/aromatic N) is 1. The van der Waals surface area contributed by atoms with Crippen molar-refractivity contribution in [3.8, 4) is 11.5 Å². The minimum absolute atomic E-state index is 0.0550. The van der Waals surface area contributed by atoms with E-state index in [4.69, 9.17) is 9.47 Å². The van der Waals surface area contributed by atoms with Crippen LogP contribution < -0.4 is 20.1 Å². The number of hydrogen-bond acceptors (Lipinski definition) is 6. The van der Waals surface area contributed by atoms with Crippen molar-refractivity contribution in [2.45, 2.75) is 30.7 Å². The molecule has 2 N–H and O–H groups in total. The molecule has 0 unspecified atom stereocenters. The number of anilines is 2. The highest BCUT2D eigenvalue weighted by molar-refractivity contribution is 7.89. The van der Waals surface area contributed by atoms with E-state index in [-0.39, 0.29) is 29.7 Å². The van der Waals surface area contributed by atoms with Crippen LogP contribution >= 0.6 is 0 Å². The maximum Gasteiger partial charge on any atom is 0.262 e. The molecule has 9 nitrogen and oxygen atoms in total. The number of nitrogens with one attached hydrogen (secondary N) is 2. The van der Waals surface area contributed by atoms with Crippen molar-refractivity contribution < 1.29 is 27.5 Å². The highest BCUT2D eigenvalue weighted by Crippen LogP contribution is 2.36. The number of amides is 2. The first-order chi connectivity index (χ1) is 14.8. The minimum Gasteiger partial charge on any atom is -0.495 e. The van der Waals surface area contributed by atoms with Gasteiger partial charge < -0.3 is 20.1 Å². The van der Waals surface area contributed by atoms with Crippen LogP contribution in [0.15, 0.2) is 41.3 Å². The predicted octanol–water partition coefficient (Wildman–Crippen LogP) is 2.13. The molecule has 2 aliphatic rings. The summed E-state index contributed by atoms with van der Waals surface area (Å²) >= 11 is 0. The van der Waals surface area contributed by atoms with E-state index in [1.165, 1.54) is 17.5 Å². The van der Waals surface area contributed by atoms with Gasteiger partial charge in [-0.3, -0.25) is 9.59 Å². The van der Waals surface area contributed by atoms with E-state index in [1.54, 1.807) is 37.3 Å². The van der Waals surface area contributed by atoms with E-state index in [1.807, 2.05) is 0 Å². The fourth-order valence-corrected chi connectivity index (χ4v) is 5.75. The van der Waals surface area contributed by atoms with Crippen LogP contribution in [-0.2, 0) is 19.6 Å². The van der Waals surface area contributed by atoms with Crippen LogP contribution in [0.5, 0.6) is 11.5 Å². The van der Waals surface area contributed by atoms with Crippen LogP contribution in [0.2, 0.25) is 0 Å². The Kier molecular flexibility index (Phi) is 5.59. The molecule has 1 saturated heterocycles. The highest BCUT2D eigenvalue weighted by atomic mass is 32.2. The molecule has 2 aromatic rings. The topological polar surface area (TPSA) is 114 Å². The molecule has 0 spiro atoms. The summed E-state index contributed by atoms with van der Waals surface area (Å²) in [6.07, 6.45) is 0.983. The lowest BCUT2D eigenvalue weighted by Crippen LogP contribution is -2.43. The maximum absolute atomic E-state index is 13.5. The Balaban J connectivity index is 1.62. The summed E-state index contributed by atoms with van der Waals surface area (Å²) in [6.45, 7) is 1.71. The van der Waals surface area contributed by atoms with Crippen molar-refractivity contribution in [3.63, 3.8) is 0 Å². The van der Waals surface area contributed by atoms with Crippen molar-refractivity contribution in [2.24, 2.45) is 0 Å². The van der Waals surface area contributed by atoms with Gasteiger partial charge in [0.2, 0.25) is 15.9 Å². The van der Waals surface area contributed by atoms with Gasteiger partial charge in [-0.2, -0.15) is 4.31 Å². The second-order valence-electron chi connectivity index (χ2n) is 7.41. The molecule has 0 bridgehead atoms. The summed E-state index contributed by atoms with van der Waals surface area (Å²) in [5.41, 5.74) is 1.37. The van der Waals surface area contributed by atoms with Gasteiger partial charge in [-0.05, 0) is 43.5 Å². The molecule has 1 atom stereocenters. The fourth-order valence-electron chi connectivity index (χ4n) is 3.87. The van der Waals surface area contributed by atoms with Crippen molar-refractivity contribution in [1.82, 2.24) is 4.31 Å². The Morgan fingerprint density at radius 2 is 2.06 bits per heavy atom. The van der Waals surface area contributed by atoms with Gasteiger partial charge in [0.1, 0.15) is 17.5 Å². The summed E-state index contributed by atoms with van der Waals surface area (Å²) in [6, 6.07) is 9.09. The van der Waals surface area contributed by atoms with Gasteiger partial charge in [-0.1, -0.05) is 12.1 Å². The molecule has 0 radical (unpaired) electrons. The van der Waals surface area contributed by atoms with Crippen molar-refractivity contribution in [1.29, 1.82) is 0 Å². The van der Waals surface area contributed by atoms with Gasteiger partial charge in [-0.25, -0.2) is 8.42 Å². The standard InChI is InChI=1S/C21H23N3O6S/c1-13-10-15-18(30-12-20(25)22-15)11-19(13)31(27,28)24-9-5-7-16(24)21(26)23-14-6-3-4-8-17(14)29-2/h3-4,6,8,10-11,16H,5,7,9,12H2,1-2H3,(H,22,25)(H,23,26)/t16-/m1/s1. The number of hydrogen-bond donors (Lipinski definition) is 2. The van der Waals surface area contributed by atoms with Gasteiger partial charge in [0, 0.05) is 12.6 Å². The number of para-hydroxylation sites is 2. The lowest BCUT2D eigenvalue weighted by molar-refractivity contribution is -0.119. The van der Waals surface area contributed by atoms with Crippen molar-refractivity contribution in [2.75, 3.05) is 30.9 Å². The van der Waals surface area contributed by atoms with E-state index >= 15 is 0 Å². The molecule has 10 heteroatoms. The van der Waals surface area contributed by atoms with Gasteiger partial charge >= 0.3 is 0 Å². The zero-order valence-electron chi connectivity index (χ0n) is 17.2. The molecular weight excluding hydrogens is 422 g/mol. The second-order valence-corrected chi connectivity index (χ2v) is 9.27. The van der Waals surface area contributed by atoms with Gasteiger partial charge in [0.15, 0.2) is 6.61 Å². The molecule has 31 heavy (non-hydrogen) atoms. The van der Waals surface area contributed by atoms with Crippen LogP contribution in [0.1, 0.15) is 18.4 Å². The molecule has 0 aliphatic carbocycles. The molecule has 0 aromatic heterocycles. The number of carbonyl (C=O) groups excluding carboxylic acids is 2. The Morgan fingerprint density at radius 1 is 1.29 bits per heavy atom. The Morgan fingerprint density at radius 3 is 2.84 bits per heavy atom. The average molecular weight is 445 g/mol. The molecule has 0 saturated carbocycles. The van der Waals surface area contributed by atoms with Crippen molar-refractivity contribution in [3.05, 3.63) is 42.0 Å². The zero-order chi connectivity index (χ0) is 22.2. The lowest BCUT2D eigenvalue weighted by Gasteiger charge is -2.26. The van der Waals surface area contributed by atoms with E-state index in [2.05, 4.69) is 10.6 Å². The molecular formula is C21H23N3O6S. The van der Waals surface area contributed by atoms with Crippen LogP contribution in [0.4, 0.5) is 11.4 Å². The van der Waals surface area contributed by atoms with E-state index < -0.39 is 22.0 Å². The molecule has 2 aliphatic heterocycles. The number of methoxy groups -OCH3 is 1. The zero-order valence-corrected chi connectivity index (χ0v) is 18.0. The summed E-state index contributed by atoms with van der Waals surface area (Å²) in [5.74, 6) is 0.0748. The SMILES string of the molecule is COc1ccccc1NC(=O)[C@H]1CCCN1S(=O)(=O)c1cc2c(cc1C)NC(=O)CO2. The van der Waals surface area contributed by atoms with Gasteiger partial charge in [-0.15, -0.1) is 0 Å². The van der Waals surface area contributed by atoms with E-state index in [0.29, 0.717) is 35.5 Å². The number of rotatable bonds is 5. The van der Waals surface area contributed by atoms with E-state index in [9.17, 15) is 18.0 Å². The van der Waals surface area contributed by atoms with Crippen LogP contribution in [0, 0.1) is 6.92 Å². The number of benzene rings is 2. The molecule has 4 rings (SSSR count). The fraction of sp³-hybridized carbons (Fsp3) is 0.333. The third-order valence-corrected chi connectivity index (χ3v) is 7.42.